The first-order valence-electron chi connectivity index (χ1n) is 8.99. The number of rotatable bonds is 3. The van der Waals surface area contributed by atoms with Crippen molar-refractivity contribution in [3.05, 3.63) is 59.7 Å². The lowest BCUT2D eigenvalue weighted by molar-refractivity contribution is -0.0626. The van der Waals surface area contributed by atoms with Gasteiger partial charge in [0.2, 0.25) is 0 Å². The molecule has 0 aromatic heterocycles. The van der Waals surface area contributed by atoms with E-state index in [0.29, 0.717) is 6.42 Å². The van der Waals surface area contributed by atoms with Crippen molar-refractivity contribution in [3.63, 3.8) is 0 Å². The highest BCUT2D eigenvalue weighted by Gasteiger charge is 2.43. The van der Waals surface area contributed by atoms with E-state index in [-0.39, 0.29) is 5.60 Å². The summed E-state index contributed by atoms with van der Waals surface area (Å²) in [7, 11) is 1.65. The van der Waals surface area contributed by atoms with E-state index in [9.17, 15) is 5.11 Å². The molecule has 0 saturated carbocycles. The molecule has 1 N–H and O–H groups in total. The van der Waals surface area contributed by atoms with Crippen LogP contribution >= 0.6 is 0 Å². The molecular weight excluding hydrogens is 314 g/mol. The molecule has 2 aliphatic heterocycles. The Hall–Kier alpha value is -2.04. The summed E-state index contributed by atoms with van der Waals surface area (Å²) in [6.45, 7) is 2.84. The van der Waals surface area contributed by atoms with Gasteiger partial charge in [-0.05, 0) is 37.1 Å². The summed E-state index contributed by atoms with van der Waals surface area (Å²) in [6, 6.07) is 16.2. The summed E-state index contributed by atoms with van der Waals surface area (Å²) >= 11 is 0. The van der Waals surface area contributed by atoms with E-state index in [1.807, 2.05) is 24.3 Å². The summed E-state index contributed by atoms with van der Waals surface area (Å²) in [5.41, 5.74) is 1.87. The first-order chi connectivity index (χ1) is 12.2. The highest BCUT2D eigenvalue weighted by Crippen LogP contribution is 2.44. The lowest BCUT2D eigenvalue weighted by atomic mass is 9.82. The summed E-state index contributed by atoms with van der Waals surface area (Å²) < 4.78 is 11.8. The number of nitrogens with zero attached hydrogens (tertiary/aromatic N) is 1. The number of likely N-dealkylation sites (tertiary alicyclic amines) is 1. The minimum atomic E-state index is -0.480. The summed E-state index contributed by atoms with van der Waals surface area (Å²) in [4.78, 5) is 2.44. The Morgan fingerprint density at radius 3 is 2.88 bits per heavy atom. The van der Waals surface area contributed by atoms with E-state index in [0.717, 1.165) is 49.5 Å². The predicted molar refractivity (Wildman–Crippen MR) is 96.9 cm³/mol. The number of piperidine rings is 1. The van der Waals surface area contributed by atoms with Crippen LogP contribution in [0.25, 0.3) is 0 Å². The normalized spacial score (nSPS) is 26.1. The average Bonchev–Trinajstić information content (AvgIpc) is 2.62. The van der Waals surface area contributed by atoms with Crippen LogP contribution in [0.4, 0.5) is 0 Å². The SMILES string of the molecule is COc1ccc2c(c1)OC1(CCCN(Cc3ccccc3)C1)C[C@H]2O. The number of methoxy groups -OCH3 is 1. The molecule has 1 unspecified atom stereocenters. The molecule has 0 aliphatic carbocycles. The molecule has 2 aromatic rings. The van der Waals surface area contributed by atoms with Crippen LogP contribution in [0.5, 0.6) is 11.5 Å². The Bertz CT molecular complexity index is 733. The molecule has 2 aliphatic rings. The highest BCUT2D eigenvalue weighted by molar-refractivity contribution is 5.44. The van der Waals surface area contributed by atoms with E-state index in [4.69, 9.17) is 9.47 Å². The fourth-order valence-corrected chi connectivity index (χ4v) is 4.16. The zero-order valence-corrected chi connectivity index (χ0v) is 14.6. The van der Waals surface area contributed by atoms with Crippen LogP contribution < -0.4 is 9.47 Å². The van der Waals surface area contributed by atoms with Gasteiger partial charge in [-0.25, -0.2) is 0 Å². The standard InChI is InChI=1S/C21H25NO3/c1-24-17-8-9-18-19(23)13-21(25-20(18)12-17)10-5-11-22(15-21)14-16-6-3-2-4-7-16/h2-4,6-9,12,19,23H,5,10-11,13-15H2,1H3/t19-,21?/m1/s1. The monoisotopic (exact) mass is 339 g/mol. The van der Waals surface area contributed by atoms with Crippen LogP contribution in [0.15, 0.2) is 48.5 Å². The molecule has 1 fully saturated rings. The molecule has 132 valence electrons. The second-order valence-electron chi connectivity index (χ2n) is 7.21. The van der Waals surface area contributed by atoms with Gasteiger partial charge < -0.3 is 14.6 Å². The van der Waals surface area contributed by atoms with E-state index in [2.05, 4.69) is 29.2 Å². The van der Waals surface area contributed by atoms with Crippen LogP contribution in [0.3, 0.4) is 0 Å². The molecule has 0 radical (unpaired) electrons. The van der Waals surface area contributed by atoms with Gasteiger partial charge in [-0.15, -0.1) is 0 Å². The zero-order valence-electron chi connectivity index (χ0n) is 14.6. The van der Waals surface area contributed by atoms with E-state index >= 15 is 0 Å². The topological polar surface area (TPSA) is 41.9 Å². The second kappa shape index (κ2) is 6.70. The molecule has 4 heteroatoms. The van der Waals surface area contributed by atoms with Gasteiger partial charge in [0, 0.05) is 31.1 Å². The van der Waals surface area contributed by atoms with Crippen LogP contribution in [0.1, 0.15) is 36.5 Å². The van der Waals surface area contributed by atoms with Crippen LogP contribution in [0.2, 0.25) is 0 Å². The van der Waals surface area contributed by atoms with Crippen LogP contribution in [-0.2, 0) is 6.54 Å². The van der Waals surface area contributed by atoms with Crippen molar-refractivity contribution in [1.82, 2.24) is 4.90 Å². The number of aliphatic hydroxyl groups is 1. The van der Waals surface area contributed by atoms with Crippen molar-refractivity contribution in [2.45, 2.75) is 37.5 Å². The first kappa shape index (κ1) is 16.4. The predicted octanol–water partition coefficient (Wildman–Crippen LogP) is 3.55. The minimum Gasteiger partial charge on any atom is -0.497 e. The molecule has 2 aromatic carbocycles. The second-order valence-corrected chi connectivity index (χ2v) is 7.21. The molecule has 0 bridgehead atoms. The number of hydrogen-bond acceptors (Lipinski definition) is 4. The van der Waals surface area contributed by atoms with Gasteiger partial charge in [-0.2, -0.15) is 0 Å². The smallest absolute Gasteiger partial charge is 0.129 e. The molecular formula is C21H25NO3. The third kappa shape index (κ3) is 3.37. The van der Waals surface area contributed by atoms with Crippen molar-refractivity contribution in [2.24, 2.45) is 0 Å². The van der Waals surface area contributed by atoms with Gasteiger partial charge in [0.25, 0.3) is 0 Å². The number of aliphatic hydroxyl groups excluding tert-OH is 1. The fraction of sp³-hybridized carbons (Fsp3) is 0.429. The summed E-state index contributed by atoms with van der Waals surface area (Å²) in [5, 5.41) is 10.7. The Morgan fingerprint density at radius 2 is 2.08 bits per heavy atom. The molecule has 2 heterocycles. The van der Waals surface area contributed by atoms with Gasteiger partial charge in [-0.1, -0.05) is 30.3 Å². The summed E-state index contributed by atoms with van der Waals surface area (Å²) in [6.07, 6.45) is 2.23. The maximum atomic E-state index is 10.7. The lowest BCUT2D eigenvalue weighted by Gasteiger charge is -2.46. The molecule has 1 spiro atoms. The van der Waals surface area contributed by atoms with Crippen molar-refractivity contribution in [3.8, 4) is 11.5 Å². The van der Waals surface area contributed by atoms with Crippen LogP contribution in [0, 0.1) is 0 Å². The quantitative estimate of drug-likeness (QED) is 0.929. The van der Waals surface area contributed by atoms with Crippen molar-refractivity contribution in [1.29, 1.82) is 0 Å². The van der Waals surface area contributed by atoms with Gasteiger partial charge >= 0.3 is 0 Å². The molecule has 2 atom stereocenters. The molecule has 0 amide bonds. The molecule has 4 rings (SSSR count). The third-order valence-electron chi connectivity index (χ3n) is 5.34. The minimum absolute atomic E-state index is 0.314. The Balaban J connectivity index is 1.55. The largest absolute Gasteiger partial charge is 0.497 e. The van der Waals surface area contributed by atoms with E-state index < -0.39 is 6.10 Å². The average molecular weight is 339 g/mol. The number of hydrogen-bond donors (Lipinski definition) is 1. The van der Waals surface area contributed by atoms with Gasteiger partial charge in [-0.3, -0.25) is 4.90 Å². The number of ether oxygens (including phenoxy) is 2. The first-order valence-corrected chi connectivity index (χ1v) is 8.99. The van der Waals surface area contributed by atoms with Crippen molar-refractivity contribution < 1.29 is 14.6 Å². The van der Waals surface area contributed by atoms with Gasteiger partial charge in [0.15, 0.2) is 0 Å². The maximum absolute atomic E-state index is 10.7. The third-order valence-corrected chi connectivity index (χ3v) is 5.34. The number of benzene rings is 2. The van der Waals surface area contributed by atoms with Crippen LogP contribution in [-0.4, -0.2) is 35.8 Å². The molecule has 25 heavy (non-hydrogen) atoms. The maximum Gasteiger partial charge on any atom is 0.129 e. The summed E-state index contributed by atoms with van der Waals surface area (Å²) in [5.74, 6) is 1.53. The molecule has 1 saturated heterocycles. The zero-order chi connectivity index (χ0) is 17.3. The Morgan fingerprint density at radius 1 is 1.24 bits per heavy atom. The van der Waals surface area contributed by atoms with E-state index in [1.54, 1.807) is 7.11 Å². The lowest BCUT2D eigenvalue weighted by Crippen LogP contribution is -2.53. The Kier molecular flexibility index (Phi) is 4.40. The molecule has 4 nitrogen and oxygen atoms in total. The van der Waals surface area contributed by atoms with E-state index in [1.165, 1.54) is 5.56 Å². The highest BCUT2D eigenvalue weighted by atomic mass is 16.5. The Labute approximate surface area is 149 Å². The fourth-order valence-electron chi connectivity index (χ4n) is 4.16. The van der Waals surface area contributed by atoms with Gasteiger partial charge in [0.05, 0.1) is 13.2 Å². The van der Waals surface area contributed by atoms with Crippen molar-refractivity contribution in [2.75, 3.05) is 20.2 Å². The van der Waals surface area contributed by atoms with Crippen molar-refractivity contribution >= 4 is 0 Å². The van der Waals surface area contributed by atoms with Gasteiger partial charge in [0.1, 0.15) is 17.1 Å². The number of fused-ring (bicyclic) bond motifs is 1.